The molecule has 0 spiro atoms. The third-order valence-corrected chi connectivity index (χ3v) is 3.98. The number of rotatable bonds is 3. The Labute approximate surface area is 125 Å². The van der Waals surface area contributed by atoms with Gasteiger partial charge in [0, 0.05) is 38.6 Å². The average Bonchev–Trinajstić information content (AvgIpc) is 2.93. The molecule has 1 aromatic heterocycles. The third-order valence-electron chi connectivity index (χ3n) is 3.98. The lowest BCUT2D eigenvalue weighted by molar-refractivity contribution is -0.0335. The Hall–Kier alpha value is -2.09. The van der Waals surface area contributed by atoms with Crippen LogP contribution in [-0.4, -0.2) is 29.2 Å². The molecule has 1 aromatic carbocycles. The van der Waals surface area contributed by atoms with Crippen LogP contribution >= 0.6 is 0 Å². The van der Waals surface area contributed by atoms with Crippen LogP contribution in [0.3, 0.4) is 0 Å². The van der Waals surface area contributed by atoms with Crippen molar-refractivity contribution in [3.63, 3.8) is 0 Å². The third kappa shape index (κ3) is 3.15. The molecule has 1 atom stereocenters. The normalized spacial score (nSPS) is 19.3. The Kier molecular flexibility index (Phi) is 4.05. The Bertz CT molecular complexity index is 656. The van der Waals surface area contributed by atoms with Crippen LogP contribution in [0.4, 0.5) is 0 Å². The van der Waals surface area contributed by atoms with Crippen LogP contribution in [0.25, 0.3) is 0 Å². The summed E-state index contributed by atoms with van der Waals surface area (Å²) in [5.74, 6) is 0. The minimum atomic E-state index is 0.0484. The number of ether oxygens (including phenoxy) is 1. The molecule has 0 amide bonds. The quantitative estimate of drug-likeness (QED) is 0.868. The number of benzene rings is 1. The van der Waals surface area contributed by atoms with Crippen LogP contribution in [0, 0.1) is 11.3 Å². The zero-order valence-electron chi connectivity index (χ0n) is 12.2. The van der Waals surface area contributed by atoms with E-state index in [2.05, 4.69) is 40.9 Å². The molecule has 4 heteroatoms. The fraction of sp³-hybridized carbons (Fsp3) is 0.353. The van der Waals surface area contributed by atoms with E-state index >= 15 is 0 Å². The van der Waals surface area contributed by atoms with E-state index in [0.717, 1.165) is 31.8 Å². The van der Waals surface area contributed by atoms with Gasteiger partial charge in [-0.3, -0.25) is 4.90 Å². The summed E-state index contributed by atoms with van der Waals surface area (Å²) in [5, 5.41) is 9.01. The number of aromatic nitrogens is 1. The molecule has 2 aromatic rings. The first-order valence-corrected chi connectivity index (χ1v) is 7.20. The van der Waals surface area contributed by atoms with Crippen molar-refractivity contribution in [2.24, 2.45) is 7.05 Å². The Morgan fingerprint density at radius 1 is 1.33 bits per heavy atom. The van der Waals surface area contributed by atoms with Gasteiger partial charge in [0.25, 0.3) is 0 Å². The maximum atomic E-state index is 9.01. The van der Waals surface area contributed by atoms with E-state index in [1.54, 1.807) is 0 Å². The predicted octanol–water partition coefficient (Wildman–Crippen LogP) is 2.47. The van der Waals surface area contributed by atoms with Gasteiger partial charge < -0.3 is 9.30 Å². The summed E-state index contributed by atoms with van der Waals surface area (Å²) >= 11 is 0. The SMILES string of the molecule is Cn1cccc1CN1CCOC(c2cccc(C#N)c2)C1. The molecule has 1 aliphatic heterocycles. The Morgan fingerprint density at radius 3 is 3.00 bits per heavy atom. The Morgan fingerprint density at radius 2 is 2.24 bits per heavy atom. The highest BCUT2D eigenvalue weighted by Gasteiger charge is 2.22. The summed E-state index contributed by atoms with van der Waals surface area (Å²) < 4.78 is 8.04. The molecule has 0 N–H and O–H groups in total. The lowest BCUT2D eigenvalue weighted by Gasteiger charge is -2.33. The van der Waals surface area contributed by atoms with Crippen LogP contribution in [0.5, 0.6) is 0 Å². The summed E-state index contributed by atoms with van der Waals surface area (Å²) in [4.78, 5) is 2.41. The molecule has 3 rings (SSSR count). The molecule has 0 bridgehead atoms. The maximum Gasteiger partial charge on any atom is 0.0991 e. The molecule has 1 saturated heterocycles. The predicted molar refractivity (Wildman–Crippen MR) is 80.5 cm³/mol. The molecular weight excluding hydrogens is 262 g/mol. The topological polar surface area (TPSA) is 41.2 Å². The largest absolute Gasteiger partial charge is 0.371 e. The molecule has 4 nitrogen and oxygen atoms in total. The van der Waals surface area contributed by atoms with Crippen molar-refractivity contribution in [2.75, 3.05) is 19.7 Å². The van der Waals surface area contributed by atoms with E-state index in [1.807, 2.05) is 24.3 Å². The van der Waals surface area contributed by atoms with Gasteiger partial charge in [-0.25, -0.2) is 0 Å². The zero-order valence-corrected chi connectivity index (χ0v) is 12.2. The second kappa shape index (κ2) is 6.13. The van der Waals surface area contributed by atoms with Crippen molar-refractivity contribution in [3.8, 4) is 6.07 Å². The second-order valence-corrected chi connectivity index (χ2v) is 5.44. The highest BCUT2D eigenvalue weighted by molar-refractivity contribution is 5.34. The van der Waals surface area contributed by atoms with Crippen LogP contribution in [0.1, 0.15) is 22.9 Å². The molecule has 0 radical (unpaired) electrons. The minimum Gasteiger partial charge on any atom is -0.371 e. The molecular formula is C17H19N3O. The highest BCUT2D eigenvalue weighted by Crippen LogP contribution is 2.24. The van der Waals surface area contributed by atoms with Crippen LogP contribution in [0.2, 0.25) is 0 Å². The fourth-order valence-electron chi connectivity index (χ4n) is 2.75. The van der Waals surface area contributed by atoms with Gasteiger partial charge in [0.15, 0.2) is 0 Å². The van der Waals surface area contributed by atoms with Crippen molar-refractivity contribution in [3.05, 3.63) is 59.4 Å². The lowest BCUT2D eigenvalue weighted by atomic mass is 10.0. The summed E-state index contributed by atoms with van der Waals surface area (Å²) in [7, 11) is 2.07. The van der Waals surface area contributed by atoms with Gasteiger partial charge in [0.05, 0.1) is 24.3 Å². The molecule has 108 valence electrons. The molecule has 2 heterocycles. The molecule has 1 aliphatic rings. The number of aryl methyl sites for hydroxylation is 1. The van der Waals surface area contributed by atoms with Crippen LogP contribution in [0.15, 0.2) is 42.6 Å². The number of hydrogen-bond acceptors (Lipinski definition) is 3. The molecule has 1 fully saturated rings. The lowest BCUT2D eigenvalue weighted by Crippen LogP contribution is -2.38. The van der Waals surface area contributed by atoms with Crippen LogP contribution < -0.4 is 0 Å². The van der Waals surface area contributed by atoms with Crippen molar-refractivity contribution in [1.82, 2.24) is 9.47 Å². The molecule has 0 saturated carbocycles. The van der Waals surface area contributed by atoms with Gasteiger partial charge >= 0.3 is 0 Å². The van der Waals surface area contributed by atoms with E-state index in [1.165, 1.54) is 5.69 Å². The first kappa shape index (κ1) is 13.9. The van der Waals surface area contributed by atoms with E-state index in [0.29, 0.717) is 5.56 Å². The van der Waals surface area contributed by atoms with Gasteiger partial charge in [-0.15, -0.1) is 0 Å². The smallest absolute Gasteiger partial charge is 0.0991 e. The van der Waals surface area contributed by atoms with Gasteiger partial charge in [0.1, 0.15) is 0 Å². The van der Waals surface area contributed by atoms with Crippen molar-refractivity contribution in [1.29, 1.82) is 5.26 Å². The van der Waals surface area contributed by atoms with E-state index in [9.17, 15) is 0 Å². The zero-order chi connectivity index (χ0) is 14.7. The summed E-state index contributed by atoms with van der Waals surface area (Å²) in [6, 6.07) is 14.1. The van der Waals surface area contributed by atoms with E-state index in [-0.39, 0.29) is 6.10 Å². The highest BCUT2D eigenvalue weighted by atomic mass is 16.5. The molecule has 21 heavy (non-hydrogen) atoms. The van der Waals surface area contributed by atoms with Crippen molar-refractivity contribution >= 4 is 0 Å². The molecule has 1 unspecified atom stereocenters. The fourth-order valence-corrected chi connectivity index (χ4v) is 2.75. The van der Waals surface area contributed by atoms with Gasteiger partial charge in [-0.2, -0.15) is 5.26 Å². The van der Waals surface area contributed by atoms with Gasteiger partial charge in [0.2, 0.25) is 0 Å². The minimum absolute atomic E-state index is 0.0484. The summed E-state index contributed by atoms with van der Waals surface area (Å²) in [6.07, 6.45) is 2.12. The molecule has 0 aliphatic carbocycles. The number of nitriles is 1. The van der Waals surface area contributed by atoms with Gasteiger partial charge in [-0.1, -0.05) is 12.1 Å². The van der Waals surface area contributed by atoms with Crippen molar-refractivity contribution in [2.45, 2.75) is 12.6 Å². The average molecular weight is 281 g/mol. The number of nitrogens with zero attached hydrogens (tertiary/aromatic N) is 3. The van der Waals surface area contributed by atoms with E-state index in [4.69, 9.17) is 10.00 Å². The number of hydrogen-bond donors (Lipinski definition) is 0. The van der Waals surface area contributed by atoms with Gasteiger partial charge in [-0.05, 0) is 29.8 Å². The standard InChI is InChI=1S/C17H19N3O/c1-19-7-3-6-16(19)12-20-8-9-21-17(13-20)15-5-2-4-14(10-15)11-18/h2-7,10,17H,8-9,12-13H2,1H3. The summed E-state index contributed by atoms with van der Waals surface area (Å²) in [6.45, 7) is 3.47. The van der Waals surface area contributed by atoms with Crippen molar-refractivity contribution < 1.29 is 4.74 Å². The summed E-state index contributed by atoms with van der Waals surface area (Å²) in [5.41, 5.74) is 3.09. The second-order valence-electron chi connectivity index (χ2n) is 5.44. The monoisotopic (exact) mass is 281 g/mol. The maximum absolute atomic E-state index is 9.01. The number of morpholine rings is 1. The first-order valence-electron chi connectivity index (χ1n) is 7.20. The first-order chi connectivity index (χ1) is 10.3. The van der Waals surface area contributed by atoms with Crippen LogP contribution in [-0.2, 0) is 18.3 Å². The van der Waals surface area contributed by atoms with E-state index < -0.39 is 0 Å². The Balaban J connectivity index is 1.71.